The summed E-state index contributed by atoms with van der Waals surface area (Å²) in [5, 5.41) is 16.8. The number of carbonyl (C=O) groups is 1. The van der Waals surface area contributed by atoms with Gasteiger partial charge >= 0.3 is 5.82 Å². The van der Waals surface area contributed by atoms with Crippen LogP contribution in [0.15, 0.2) is 0 Å². The summed E-state index contributed by atoms with van der Waals surface area (Å²) >= 11 is 5.74. The van der Waals surface area contributed by atoms with Crippen LogP contribution in [-0.4, -0.2) is 40.9 Å². The Hall–Kier alpha value is -1.67. The third-order valence-electron chi connectivity index (χ3n) is 2.21. The average Bonchev–Trinajstić information content (AvgIpc) is 2.58. The zero-order valence-electron chi connectivity index (χ0n) is 9.97. The highest BCUT2D eigenvalue weighted by Crippen LogP contribution is 2.26. The van der Waals surface area contributed by atoms with E-state index in [2.05, 4.69) is 10.4 Å². The van der Waals surface area contributed by atoms with Crippen LogP contribution in [0.4, 0.5) is 5.82 Å². The molecule has 1 N–H and O–H groups in total. The second-order valence-corrected chi connectivity index (χ2v) is 3.86. The Labute approximate surface area is 108 Å². The highest BCUT2D eigenvalue weighted by molar-refractivity contribution is 6.33. The molecule has 0 unspecified atom stereocenters. The lowest BCUT2D eigenvalue weighted by Gasteiger charge is -2.03. The molecule has 100 valence electrons. The van der Waals surface area contributed by atoms with Gasteiger partial charge in [0.1, 0.15) is 6.54 Å². The highest BCUT2D eigenvalue weighted by Gasteiger charge is 2.24. The molecule has 0 saturated carbocycles. The molecule has 0 radical (unpaired) electrons. The molecule has 1 heterocycles. The molecular weight excluding hydrogens is 264 g/mol. The van der Waals surface area contributed by atoms with Gasteiger partial charge in [0.15, 0.2) is 5.02 Å². The molecular formula is C9H13ClN4O4. The predicted molar refractivity (Wildman–Crippen MR) is 63.5 cm³/mol. The predicted octanol–water partition coefficient (Wildman–Crippen LogP) is 0.516. The summed E-state index contributed by atoms with van der Waals surface area (Å²) in [7, 11) is 1.52. The lowest BCUT2D eigenvalue weighted by atomic mass is 10.4. The zero-order valence-corrected chi connectivity index (χ0v) is 10.7. The number of amides is 1. The SMILES string of the molecule is COCCNC(=O)Cn1nc([N+](=O)[O-])c(Cl)c1C. The smallest absolute Gasteiger partial charge is 0.383 e. The van der Waals surface area contributed by atoms with Gasteiger partial charge in [-0.3, -0.25) is 4.79 Å². The summed E-state index contributed by atoms with van der Waals surface area (Å²) in [6, 6.07) is 0. The van der Waals surface area contributed by atoms with Crippen LogP contribution in [0.3, 0.4) is 0 Å². The first-order valence-electron chi connectivity index (χ1n) is 5.10. The molecule has 0 saturated heterocycles. The standard InChI is InChI=1S/C9H13ClN4O4/c1-6-8(10)9(14(16)17)12-13(6)5-7(15)11-3-4-18-2/h3-5H2,1-2H3,(H,11,15). The molecule has 0 bridgehead atoms. The van der Waals surface area contributed by atoms with Gasteiger partial charge in [-0.1, -0.05) is 11.6 Å². The molecule has 0 fully saturated rings. The van der Waals surface area contributed by atoms with Crippen LogP contribution < -0.4 is 5.32 Å². The van der Waals surface area contributed by atoms with Crippen molar-refractivity contribution in [3.63, 3.8) is 0 Å². The van der Waals surface area contributed by atoms with E-state index in [1.807, 2.05) is 0 Å². The van der Waals surface area contributed by atoms with Crippen LogP contribution in [0.1, 0.15) is 5.69 Å². The van der Waals surface area contributed by atoms with Gasteiger partial charge in [-0.15, -0.1) is 0 Å². The Morgan fingerprint density at radius 2 is 2.33 bits per heavy atom. The summed E-state index contributed by atoms with van der Waals surface area (Å²) < 4.78 is 5.97. The minimum absolute atomic E-state index is 0.0512. The van der Waals surface area contributed by atoms with Gasteiger partial charge in [0.25, 0.3) is 0 Å². The van der Waals surface area contributed by atoms with E-state index in [1.54, 1.807) is 6.92 Å². The van der Waals surface area contributed by atoms with Crippen molar-refractivity contribution in [1.82, 2.24) is 15.1 Å². The van der Waals surface area contributed by atoms with Crippen molar-refractivity contribution in [3.05, 3.63) is 20.8 Å². The van der Waals surface area contributed by atoms with Gasteiger partial charge < -0.3 is 20.2 Å². The molecule has 1 rings (SSSR count). The number of halogens is 1. The number of hydrogen-bond donors (Lipinski definition) is 1. The van der Waals surface area contributed by atoms with Crippen molar-refractivity contribution in [2.24, 2.45) is 0 Å². The quantitative estimate of drug-likeness (QED) is 0.464. The van der Waals surface area contributed by atoms with E-state index in [4.69, 9.17) is 16.3 Å². The van der Waals surface area contributed by atoms with Crippen molar-refractivity contribution in [1.29, 1.82) is 0 Å². The highest BCUT2D eigenvalue weighted by atomic mass is 35.5. The van der Waals surface area contributed by atoms with Gasteiger partial charge in [-0.2, -0.15) is 4.68 Å². The van der Waals surface area contributed by atoms with Gasteiger partial charge in [-0.05, 0) is 11.8 Å². The van der Waals surface area contributed by atoms with Crippen molar-refractivity contribution in [2.45, 2.75) is 13.5 Å². The van der Waals surface area contributed by atoms with E-state index < -0.39 is 10.7 Å². The van der Waals surface area contributed by atoms with Gasteiger partial charge in [0.2, 0.25) is 5.91 Å². The molecule has 0 aromatic carbocycles. The molecule has 9 heteroatoms. The first kappa shape index (κ1) is 14.4. The van der Waals surface area contributed by atoms with Gasteiger partial charge in [0, 0.05) is 13.7 Å². The van der Waals surface area contributed by atoms with Crippen LogP contribution in [-0.2, 0) is 16.1 Å². The number of methoxy groups -OCH3 is 1. The van der Waals surface area contributed by atoms with E-state index in [0.717, 1.165) is 0 Å². The number of ether oxygens (including phenoxy) is 1. The van der Waals surface area contributed by atoms with Gasteiger partial charge in [0.05, 0.1) is 17.4 Å². The Morgan fingerprint density at radius 3 is 2.83 bits per heavy atom. The van der Waals surface area contributed by atoms with Crippen molar-refractivity contribution >= 4 is 23.3 Å². The minimum atomic E-state index is -0.686. The lowest BCUT2D eigenvalue weighted by Crippen LogP contribution is -2.31. The Morgan fingerprint density at radius 1 is 1.67 bits per heavy atom. The molecule has 1 aromatic heterocycles. The third kappa shape index (κ3) is 3.41. The fourth-order valence-corrected chi connectivity index (χ4v) is 1.47. The molecule has 0 aliphatic rings. The number of carbonyl (C=O) groups excluding carboxylic acids is 1. The van der Waals surface area contributed by atoms with E-state index in [0.29, 0.717) is 18.8 Å². The monoisotopic (exact) mass is 276 g/mol. The number of nitro groups is 1. The third-order valence-corrected chi connectivity index (χ3v) is 2.65. The number of nitrogens with one attached hydrogen (secondary N) is 1. The number of rotatable bonds is 6. The van der Waals surface area contributed by atoms with E-state index in [1.165, 1.54) is 11.8 Å². The summed E-state index contributed by atoms with van der Waals surface area (Å²) in [5.74, 6) is -0.761. The van der Waals surface area contributed by atoms with Crippen LogP contribution >= 0.6 is 11.6 Å². The Kier molecular flexibility index (Phi) is 5.05. The molecule has 0 spiro atoms. The maximum atomic E-state index is 11.5. The maximum absolute atomic E-state index is 11.5. The summed E-state index contributed by atoms with van der Waals surface area (Å²) in [6.45, 7) is 2.20. The molecule has 1 aromatic rings. The number of aromatic nitrogens is 2. The fraction of sp³-hybridized carbons (Fsp3) is 0.556. The lowest BCUT2D eigenvalue weighted by molar-refractivity contribution is -0.389. The van der Waals surface area contributed by atoms with Crippen molar-refractivity contribution in [2.75, 3.05) is 20.3 Å². The van der Waals surface area contributed by atoms with E-state index >= 15 is 0 Å². The summed E-state index contributed by atoms with van der Waals surface area (Å²) in [4.78, 5) is 21.4. The van der Waals surface area contributed by atoms with Crippen LogP contribution in [0, 0.1) is 17.0 Å². The molecule has 8 nitrogen and oxygen atoms in total. The second-order valence-electron chi connectivity index (χ2n) is 3.48. The summed E-state index contributed by atoms with van der Waals surface area (Å²) in [5.41, 5.74) is 0.380. The summed E-state index contributed by atoms with van der Waals surface area (Å²) in [6.07, 6.45) is 0. The first-order valence-corrected chi connectivity index (χ1v) is 5.48. The zero-order chi connectivity index (χ0) is 13.7. The van der Waals surface area contributed by atoms with E-state index in [-0.39, 0.29) is 17.5 Å². The number of nitrogens with zero attached hydrogens (tertiary/aromatic N) is 3. The largest absolute Gasteiger partial charge is 0.408 e. The number of hydrogen-bond acceptors (Lipinski definition) is 5. The first-order chi connectivity index (χ1) is 8.47. The molecule has 0 aliphatic carbocycles. The molecule has 0 aliphatic heterocycles. The van der Waals surface area contributed by atoms with E-state index in [9.17, 15) is 14.9 Å². The van der Waals surface area contributed by atoms with Crippen LogP contribution in [0.25, 0.3) is 0 Å². The second kappa shape index (κ2) is 6.31. The average molecular weight is 277 g/mol. The van der Waals surface area contributed by atoms with Crippen molar-refractivity contribution in [3.8, 4) is 0 Å². The topological polar surface area (TPSA) is 99.3 Å². The Balaban J connectivity index is 2.70. The molecule has 0 atom stereocenters. The van der Waals surface area contributed by atoms with Crippen molar-refractivity contribution < 1.29 is 14.5 Å². The van der Waals surface area contributed by atoms with Gasteiger partial charge in [-0.25, -0.2) is 0 Å². The fourth-order valence-electron chi connectivity index (χ4n) is 1.26. The Bertz CT molecular complexity index is 460. The molecule has 1 amide bonds. The van der Waals surface area contributed by atoms with Crippen LogP contribution in [0.2, 0.25) is 5.02 Å². The normalized spacial score (nSPS) is 10.4. The maximum Gasteiger partial charge on any atom is 0.408 e. The molecule has 18 heavy (non-hydrogen) atoms. The van der Waals surface area contributed by atoms with Crippen LogP contribution in [0.5, 0.6) is 0 Å². The minimum Gasteiger partial charge on any atom is -0.383 e.